The second kappa shape index (κ2) is 10.7. The number of amides is 2. The van der Waals surface area contributed by atoms with Crippen molar-refractivity contribution in [2.45, 2.75) is 41.0 Å². The quantitative estimate of drug-likeness (QED) is 0.454. The average molecular weight is 286 g/mol. The highest BCUT2D eigenvalue weighted by molar-refractivity contribution is 6.00. The van der Waals surface area contributed by atoms with Crippen LogP contribution in [0.1, 0.15) is 41.0 Å². The molecule has 2 amide bonds. The molecule has 0 N–H and O–H groups in total. The van der Waals surface area contributed by atoms with E-state index < -0.39 is 5.92 Å². The van der Waals surface area contributed by atoms with Gasteiger partial charge in [0, 0.05) is 39.4 Å². The largest absolute Gasteiger partial charge is 0.382 e. The molecule has 0 fully saturated rings. The summed E-state index contributed by atoms with van der Waals surface area (Å²) in [5, 5.41) is 0. The number of carbonyl (C=O) groups is 2. The number of hydrogen-bond acceptors (Lipinski definition) is 3. The minimum atomic E-state index is -0.610. The van der Waals surface area contributed by atoms with Gasteiger partial charge < -0.3 is 14.5 Å². The molecule has 0 aliphatic carbocycles. The molecule has 0 atom stereocenters. The molecule has 20 heavy (non-hydrogen) atoms. The molecule has 0 aromatic rings. The van der Waals surface area contributed by atoms with Gasteiger partial charge in [0.1, 0.15) is 5.92 Å². The first kappa shape index (κ1) is 18.9. The molecule has 0 radical (unpaired) electrons. The minimum Gasteiger partial charge on any atom is -0.382 e. The lowest BCUT2D eigenvalue weighted by molar-refractivity contribution is -0.147. The molecule has 0 saturated carbocycles. The Morgan fingerprint density at radius 1 is 0.850 bits per heavy atom. The number of carbonyl (C=O) groups excluding carboxylic acids is 2. The van der Waals surface area contributed by atoms with E-state index in [1.807, 2.05) is 34.6 Å². The summed E-state index contributed by atoms with van der Waals surface area (Å²) in [5.41, 5.74) is 0. The minimum absolute atomic E-state index is 0.0772. The van der Waals surface area contributed by atoms with Gasteiger partial charge in [-0.05, 0) is 41.0 Å². The highest BCUT2D eigenvalue weighted by Gasteiger charge is 2.31. The summed E-state index contributed by atoms with van der Waals surface area (Å²) in [6.07, 6.45) is 0.457. The summed E-state index contributed by atoms with van der Waals surface area (Å²) in [6.45, 7) is 13.2. The fourth-order valence-electron chi connectivity index (χ4n) is 2.21. The van der Waals surface area contributed by atoms with Crippen molar-refractivity contribution < 1.29 is 14.3 Å². The molecule has 0 unspecified atom stereocenters. The molecule has 5 nitrogen and oxygen atoms in total. The topological polar surface area (TPSA) is 49.9 Å². The van der Waals surface area contributed by atoms with Crippen LogP contribution in [0.3, 0.4) is 0 Å². The Labute approximate surface area is 123 Å². The summed E-state index contributed by atoms with van der Waals surface area (Å²) < 4.78 is 5.32. The van der Waals surface area contributed by atoms with Crippen molar-refractivity contribution in [2.24, 2.45) is 5.92 Å². The van der Waals surface area contributed by atoms with E-state index in [0.717, 1.165) is 0 Å². The maximum Gasteiger partial charge on any atom is 0.235 e. The van der Waals surface area contributed by atoms with Crippen molar-refractivity contribution in [2.75, 3.05) is 39.4 Å². The third-order valence-corrected chi connectivity index (χ3v) is 3.50. The molecule has 0 rings (SSSR count). The highest BCUT2D eigenvalue weighted by Crippen LogP contribution is 2.13. The maximum atomic E-state index is 12.5. The summed E-state index contributed by atoms with van der Waals surface area (Å²) >= 11 is 0. The van der Waals surface area contributed by atoms with E-state index in [1.54, 1.807) is 9.80 Å². The SMILES string of the molecule is CCOCCC(C(=O)N(CC)CC)C(=O)N(CC)CC. The third-order valence-electron chi connectivity index (χ3n) is 3.50. The second-order valence-corrected chi connectivity index (χ2v) is 4.56. The fraction of sp³-hybridized carbons (Fsp3) is 0.867. The summed E-state index contributed by atoms with van der Waals surface area (Å²) in [4.78, 5) is 28.4. The van der Waals surface area contributed by atoms with E-state index in [4.69, 9.17) is 4.74 Å². The maximum absolute atomic E-state index is 12.5. The van der Waals surface area contributed by atoms with Crippen LogP contribution >= 0.6 is 0 Å². The van der Waals surface area contributed by atoms with Crippen molar-refractivity contribution in [3.63, 3.8) is 0 Å². The molecule has 5 heteroatoms. The van der Waals surface area contributed by atoms with Crippen molar-refractivity contribution in [1.82, 2.24) is 9.80 Å². The molecule has 0 spiro atoms. The Hall–Kier alpha value is -1.10. The first-order valence-corrected chi connectivity index (χ1v) is 7.72. The second-order valence-electron chi connectivity index (χ2n) is 4.56. The van der Waals surface area contributed by atoms with Gasteiger partial charge in [0.25, 0.3) is 0 Å². The first-order chi connectivity index (χ1) is 9.56. The standard InChI is InChI=1S/C15H30N2O3/c1-6-16(7-2)14(18)13(11-12-20-10-5)15(19)17(8-3)9-4/h13H,6-12H2,1-5H3. The van der Waals surface area contributed by atoms with Crippen LogP contribution in [0.5, 0.6) is 0 Å². The third kappa shape index (κ3) is 5.49. The van der Waals surface area contributed by atoms with Crippen molar-refractivity contribution in [1.29, 1.82) is 0 Å². The fourth-order valence-corrected chi connectivity index (χ4v) is 2.21. The first-order valence-electron chi connectivity index (χ1n) is 7.72. The summed E-state index contributed by atoms with van der Waals surface area (Å²) in [6, 6.07) is 0. The molecule has 0 saturated heterocycles. The molecule has 0 aliphatic rings. The Balaban J connectivity index is 4.95. The monoisotopic (exact) mass is 286 g/mol. The lowest BCUT2D eigenvalue weighted by Gasteiger charge is -2.28. The van der Waals surface area contributed by atoms with E-state index in [9.17, 15) is 9.59 Å². The smallest absolute Gasteiger partial charge is 0.235 e. The van der Waals surface area contributed by atoms with E-state index in [1.165, 1.54) is 0 Å². The molecule has 0 aliphatic heterocycles. The zero-order valence-electron chi connectivity index (χ0n) is 13.6. The van der Waals surface area contributed by atoms with E-state index in [0.29, 0.717) is 45.8 Å². The molecule has 0 aromatic carbocycles. The van der Waals surface area contributed by atoms with Gasteiger partial charge in [0.2, 0.25) is 11.8 Å². The van der Waals surface area contributed by atoms with Gasteiger partial charge in [-0.15, -0.1) is 0 Å². The Kier molecular flexibility index (Phi) is 10.1. The van der Waals surface area contributed by atoms with Crippen LogP contribution in [0.4, 0.5) is 0 Å². The Bertz CT molecular complexity index is 263. The van der Waals surface area contributed by atoms with Gasteiger partial charge in [-0.25, -0.2) is 0 Å². The summed E-state index contributed by atoms with van der Waals surface area (Å²) in [7, 11) is 0. The van der Waals surface area contributed by atoms with Crippen molar-refractivity contribution in [3.8, 4) is 0 Å². The predicted molar refractivity (Wildman–Crippen MR) is 80.5 cm³/mol. The predicted octanol–water partition coefficient (Wildman–Crippen LogP) is 1.77. The van der Waals surface area contributed by atoms with Gasteiger partial charge in [-0.3, -0.25) is 9.59 Å². The Morgan fingerprint density at radius 2 is 1.25 bits per heavy atom. The van der Waals surface area contributed by atoms with Crippen LogP contribution < -0.4 is 0 Å². The number of rotatable bonds is 10. The zero-order chi connectivity index (χ0) is 15.5. The van der Waals surface area contributed by atoms with Crippen LogP contribution in [0.2, 0.25) is 0 Å². The van der Waals surface area contributed by atoms with E-state index in [2.05, 4.69) is 0 Å². The molecule has 0 bridgehead atoms. The lowest BCUT2D eigenvalue weighted by Crippen LogP contribution is -2.45. The van der Waals surface area contributed by atoms with Gasteiger partial charge in [0.05, 0.1) is 0 Å². The van der Waals surface area contributed by atoms with Crippen LogP contribution in [-0.4, -0.2) is 61.0 Å². The number of nitrogens with zero attached hydrogens (tertiary/aromatic N) is 2. The Morgan fingerprint density at radius 3 is 1.55 bits per heavy atom. The van der Waals surface area contributed by atoms with Gasteiger partial charge in [-0.1, -0.05) is 0 Å². The van der Waals surface area contributed by atoms with Crippen LogP contribution in [0.25, 0.3) is 0 Å². The van der Waals surface area contributed by atoms with Crippen LogP contribution in [0.15, 0.2) is 0 Å². The van der Waals surface area contributed by atoms with Crippen LogP contribution in [0, 0.1) is 5.92 Å². The zero-order valence-corrected chi connectivity index (χ0v) is 13.6. The summed E-state index contributed by atoms with van der Waals surface area (Å²) in [5.74, 6) is -0.764. The molecule has 118 valence electrons. The molecular formula is C15H30N2O3. The molecular weight excluding hydrogens is 256 g/mol. The lowest BCUT2D eigenvalue weighted by atomic mass is 10.0. The molecule has 0 heterocycles. The van der Waals surface area contributed by atoms with Crippen LogP contribution in [-0.2, 0) is 14.3 Å². The number of ether oxygens (including phenoxy) is 1. The van der Waals surface area contributed by atoms with Crippen molar-refractivity contribution in [3.05, 3.63) is 0 Å². The highest BCUT2D eigenvalue weighted by atomic mass is 16.5. The average Bonchev–Trinajstić information content (AvgIpc) is 2.46. The van der Waals surface area contributed by atoms with Gasteiger partial charge in [0.15, 0.2) is 0 Å². The van der Waals surface area contributed by atoms with Crippen molar-refractivity contribution >= 4 is 11.8 Å². The number of hydrogen-bond donors (Lipinski definition) is 0. The van der Waals surface area contributed by atoms with E-state index >= 15 is 0 Å². The van der Waals surface area contributed by atoms with Gasteiger partial charge in [-0.2, -0.15) is 0 Å². The normalized spacial score (nSPS) is 10.7. The molecule has 0 aromatic heterocycles. The van der Waals surface area contributed by atoms with E-state index in [-0.39, 0.29) is 11.8 Å². The van der Waals surface area contributed by atoms with Gasteiger partial charge >= 0.3 is 0 Å².